The van der Waals surface area contributed by atoms with Crippen molar-refractivity contribution in [3.63, 3.8) is 0 Å². The van der Waals surface area contributed by atoms with Crippen molar-refractivity contribution in [1.82, 2.24) is 14.7 Å². The van der Waals surface area contributed by atoms with Gasteiger partial charge in [-0.15, -0.1) is 0 Å². The number of aromatic nitrogens is 2. The number of likely N-dealkylation sites (tertiary alicyclic amines) is 1. The van der Waals surface area contributed by atoms with Crippen molar-refractivity contribution in [2.45, 2.75) is 25.9 Å². The van der Waals surface area contributed by atoms with Crippen LogP contribution in [0.3, 0.4) is 0 Å². The summed E-state index contributed by atoms with van der Waals surface area (Å²) in [5.74, 6) is 0.617. The number of hydrogen-bond acceptors (Lipinski definition) is 3. The minimum Gasteiger partial charge on any atom is -0.481 e. The number of ether oxygens (including phenoxy) is 1. The van der Waals surface area contributed by atoms with Crippen molar-refractivity contribution in [2.24, 2.45) is 13.0 Å². The summed E-state index contributed by atoms with van der Waals surface area (Å²) < 4.78 is 20.3. The molecule has 1 amide bonds. The molecule has 1 aromatic heterocycles. The second kappa shape index (κ2) is 7.03. The number of rotatable bonds is 5. The number of benzene rings is 1. The van der Waals surface area contributed by atoms with Crippen LogP contribution >= 0.6 is 0 Å². The molecule has 128 valence electrons. The fourth-order valence-electron chi connectivity index (χ4n) is 3.13. The standard InChI is InChI=1S/C18H22FN3O2/c1-13(24-17-5-3-16(19)4-6-17)18(23)22-8-7-14(12-22)9-15-10-20-21(2)11-15/h3-6,10-11,13-14H,7-9,12H2,1-2H3. The molecular weight excluding hydrogens is 309 g/mol. The van der Waals surface area contributed by atoms with Crippen LogP contribution in [0.5, 0.6) is 5.75 Å². The largest absolute Gasteiger partial charge is 0.481 e. The number of carbonyl (C=O) groups is 1. The average molecular weight is 331 g/mol. The van der Waals surface area contributed by atoms with Crippen LogP contribution in [-0.4, -0.2) is 39.8 Å². The zero-order valence-corrected chi connectivity index (χ0v) is 14.0. The van der Waals surface area contributed by atoms with Gasteiger partial charge in [-0.3, -0.25) is 9.48 Å². The van der Waals surface area contributed by atoms with Crippen LogP contribution in [0, 0.1) is 11.7 Å². The van der Waals surface area contributed by atoms with Gasteiger partial charge in [0.15, 0.2) is 6.10 Å². The third-order valence-electron chi connectivity index (χ3n) is 4.35. The molecule has 6 heteroatoms. The molecule has 0 N–H and O–H groups in total. The van der Waals surface area contributed by atoms with Crippen LogP contribution < -0.4 is 4.74 Å². The Morgan fingerprint density at radius 3 is 2.83 bits per heavy atom. The monoisotopic (exact) mass is 331 g/mol. The first-order valence-electron chi connectivity index (χ1n) is 8.20. The molecule has 1 aliphatic rings. The van der Waals surface area contributed by atoms with Crippen molar-refractivity contribution in [3.05, 3.63) is 48.0 Å². The maximum absolute atomic E-state index is 12.9. The van der Waals surface area contributed by atoms with E-state index in [9.17, 15) is 9.18 Å². The number of carbonyl (C=O) groups excluding carboxylic acids is 1. The highest BCUT2D eigenvalue weighted by atomic mass is 19.1. The summed E-state index contributed by atoms with van der Waals surface area (Å²) in [6.45, 7) is 3.23. The van der Waals surface area contributed by atoms with E-state index in [1.807, 2.05) is 24.3 Å². The maximum atomic E-state index is 12.9. The number of nitrogens with zero attached hydrogens (tertiary/aromatic N) is 3. The van der Waals surface area contributed by atoms with Gasteiger partial charge in [-0.05, 0) is 55.5 Å². The van der Waals surface area contributed by atoms with Gasteiger partial charge in [0.2, 0.25) is 0 Å². The van der Waals surface area contributed by atoms with Crippen LogP contribution in [0.4, 0.5) is 4.39 Å². The summed E-state index contributed by atoms with van der Waals surface area (Å²) in [6.07, 6.45) is 5.25. The Bertz CT molecular complexity index is 699. The molecule has 0 saturated carbocycles. The minimum atomic E-state index is -0.576. The molecule has 2 heterocycles. The van der Waals surface area contributed by atoms with E-state index >= 15 is 0 Å². The van der Waals surface area contributed by atoms with E-state index in [0.29, 0.717) is 11.7 Å². The van der Waals surface area contributed by atoms with Gasteiger partial charge in [0, 0.05) is 26.3 Å². The average Bonchev–Trinajstić information content (AvgIpc) is 3.18. The minimum absolute atomic E-state index is 0.0204. The van der Waals surface area contributed by atoms with Crippen molar-refractivity contribution in [2.75, 3.05) is 13.1 Å². The van der Waals surface area contributed by atoms with E-state index in [-0.39, 0.29) is 11.7 Å². The molecule has 3 rings (SSSR count). The molecule has 0 aliphatic carbocycles. The van der Waals surface area contributed by atoms with Gasteiger partial charge < -0.3 is 9.64 Å². The molecule has 1 fully saturated rings. The Balaban J connectivity index is 1.52. The number of amides is 1. The summed E-state index contributed by atoms with van der Waals surface area (Å²) in [5.41, 5.74) is 1.20. The second-order valence-corrected chi connectivity index (χ2v) is 6.38. The van der Waals surface area contributed by atoms with Gasteiger partial charge in [-0.25, -0.2) is 4.39 Å². The van der Waals surface area contributed by atoms with Crippen molar-refractivity contribution in [1.29, 1.82) is 0 Å². The zero-order valence-electron chi connectivity index (χ0n) is 14.0. The summed E-state index contributed by atoms with van der Waals surface area (Å²) in [4.78, 5) is 14.4. The van der Waals surface area contributed by atoms with Crippen LogP contribution in [0.15, 0.2) is 36.7 Å². The summed E-state index contributed by atoms with van der Waals surface area (Å²) in [7, 11) is 1.91. The highest BCUT2D eigenvalue weighted by Gasteiger charge is 2.30. The molecule has 0 bridgehead atoms. The number of hydrogen-bond donors (Lipinski definition) is 0. The Labute approximate surface area is 141 Å². The molecule has 2 atom stereocenters. The van der Waals surface area contributed by atoms with Crippen molar-refractivity contribution >= 4 is 5.91 Å². The second-order valence-electron chi connectivity index (χ2n) is 6.38. The predicted octanol–water partition coefficient (Wildman–Crippen LogP) is 2.42. The van der Waals surface area contributed by atoms with Crippen molar-refractivity contribution < 1.29 is 13.9 Å². The molecule has 1 saturated heterocycles. The first-order valence-corrected chi connectivity index (χ1v) is 8.20. The van der Waals surface area contributed by atoms with Crippen molar-refractivity contribution in [3.8, 4) is 5.75 Å². The van der Waals surface area contributed by atoms with E-state index in [2.05, 4.69) is 5.10 Å². The maximum Gasteiger partial charge on any atom is 0.263 e. The van der Waals surface area contributed by atoms with E-state index in [4.69, 9.17) is 4.74 Å². The van der Waals surface area contributed by atoms with E-state index in [1.165, 1.54) is 29.8 Å². The third-order valence-corrected chi connectivity index (χ3v) is 4.35. The fourth-order valence-corrected chi connectivity index (χ4v) is 3.13. The van der Waals surface area contributed by atoms with Crippen LogP contribution in [0.25, 0.3) is 0 Å². The lowest BCUT2D eigenvalue weighted by molar-refractivity contribution is -0.137. The molecule has 24 heavy (non-hydrogen) atoms. The van der Waals surface area contributed by atoms with Gasteiger partial charge in [-0.2, -0.15) is 5.10 Å². The zero-order chi connectivity index (χ0) is 17.1. The smallest absolute Gasteiger partial charge is 0.263 e. The van der Waals surface area contributed by atoms with E-state index < -0.39 is 6.10 Å². The normalized spacial score (nSPS) is 18.6. The number of halogens is 1. The summed E-state index contributed by atoms with van der Waals surface area (Å²) in [5, 5.41) is 4.18. The molecule has 5 nitrogen and oxygen atoms in total. The van der Waals surface area contributed by atoms with Crippen LogP contribution in [0.1, 0.15) is 18.9 Å². The first-order chi connectivity index (χ1) is 11.5. The van der Waals surface area contributed by atoms with Gasteiger partial charge in [0.05, 0.1) is 6.20 Å². The van der Waals surface area contributed by atoms with Crippen LogP contribution in [-0.2, 0) is 18.3 Å². The molecule has 2 unspecified atom stereocenters. The predicted molar refractivity (Wildman–Crippen MR) is 88.1 cm³/mol. The lowest BCUT2D eigenvalue weighted by Gasteiger charge is -2.22. The molecular formula is C18H22FN3O2. The molecule has 1 aliphatic heterocycles. The third kappa shape index (κ3) is 3.93. The summed E-state index contributed by atoms with van der Waals surface area (Å²) >= 11 is 0. The lowest BCUT2D eigenvalue weighted by atomic mass is 10.0. The van der Waals surface area contributed by atoms with E-state index in [1.54, 1.807) is 11.6 Å². The van der Waals surface area contributed by atoms with Gasteiger partial charge in [0.1, 0.15) is 11.6 Å². The van der Waals surface area contributed by atoms with Gasteiger partial charge in [-0.1, -0.05) is 0 Å². The first kappa shape index (κ1) is 16.5. The lowest BCUT2D eigenvalue weighted by Crippen LogP contribution is -2.39. The highest BCUT2D eigenvalue weighted by molar-refractivity contribution is 5.81. The van der Waals surface area contributed by atoms with Crippen LogP contribution in [0.2, 0.25) is 0 Å². The summed E-state index contributed by atoms with van der Waals surface area (Å²) in [6, 6.07) is 5.72. The van der Waals surface area contributed by atoms with Gasteiger partial charge in [0.25, 0.3) is 5.91 Å². The molecule has 2 aromatic rings. The number of aryl methyl sites for hydroxylation is 1. The molecule has 0 radical (unpaired) electrons. The Morgan fingerprint density at radius 1 is 1.42 bits per heavy atom. The van der Waals surface area contributed by atoms with Gasteiger partial charge >= 0.3 is 0 Å². The Kier molecular flexibility index (Phi) is 4.83. The fraction of sp³-hybridized carbons (Fsp3) is 0.444. The van der Waals surface area contributed by atoms with E-state index in [0.717, 1.165) is 25.9 Å². The topological polar surface area (TPSA) is 47.4 Å². The Morgan fingerprint density at radius 2 is 2.17 bits per heavy atom. The highest BCUT2D eigenvalue weighted by Crippen LogP contribution is 2.22. The molecule has 0 spiro atoms. The quantitative estimate of drug-likeness (QED) is 0.845. The Hall–Kier alpha value is -2.37. The SMILES string of the molecule is CC(Oc1ccc(F)cc1)C(=O)N1CCC(Cc2cnn(C)c2)C1. The molecule has 1 aromatic carbocycles.